The molecule has 0 saturated carbocycles. The van der Waals surface area contributed by atoms with Gasteiger partial charge in [-0.05, 0) is 12.3 Å². The maximum atomic E-state index is 11.0. The molecule has 0 saturated heterocycles. The van der Waals surface area contributed by atoms with Gasteiger partial charge in [0.05, 0.1) is 6.20 Å². The maximum Gasteiger partial charge on any atom is 0.341 e. The zero-order valence-electron chi connectivity index (χ0n) is 9.71. The first kappa shape index (κ1) is 11.4. The molecule has 0 radical (unpaired) electrons. The van der Waals surface area contributed by atoms with Crippen molar-refractivity contribution in [1.82, 2.24) is 14.6 Å². The number of nitrogens with zero attached hydrogens (tertiary/aromatic N) is 3. The Balaban J connectivity index is 2.60. The minimum absolute atomic E-state index is 0.0716. The largest absolute Gasteiger partial charge is 0.477 e. The van der Waals surface area contributed by atoms with Crippen LogP contribution in [0.5, 0.6) is 0 Å². The van der Waals surface area contributed by atoms with E-state index in [1.165, 1.54) is 10.7 Å². The van der Waals surface area contributed by atoms with Gasteiger partial charge in [-0.15, -0.1) is 0 Å². The molecule has 0 fully saturated rings. The third kappa shape index (κ3) is 2.06. The summed E-state index contributed by atoms with van der Waals surface area (Å²) in [7, 11) is 0. The van der Waals surface area contributed by atoms with Crippen molar-refractivity contribution in [2.45, 2.75) is 20.3 Å². The van der Waals surface area contributed by atoms with E-state index in [0.717, 1.165) is 12.1 Å². The standard InChI is InChI=1S/C11H14N4O2/c1-6(2)3-7-4-9(12)15-10(14-7)8(5-13-15)11(16)17/h4-6H,3,12H2,1-2H3,(H,16,17). The minimum atomic E-state index is -1.05. The van der Waals surface area contributed by atoms with E-state index in [4.69, 9.17) is 10.8 Å². The van der Waals surface area contributed by atoms with E-state index in [2.05, 4.69) is 23.9 Å². The van der Waals surface area contributed by atoms with E-state index in [9.17, 15) is 4.79 Å². The number of fused-ring (bicyclic) bond motifs is 1. The summed E-state index contributed by atoms with van der Waals surface area (Å²) in [6, 6.07) is 1.73. The Morgan fingerprint density at radius 2 is 2.29 bits per heavy atom. The Kier molecular flexibility index (Phi) is 2.71. The van der Waals surface area contributed by atoms with E-state index >= 15 is 0 Å². The topological polar surface area (TPSA) is 93.5 Å². The number of aromatic nitrogens is 3. The van der Waals surface area contributed by atoms with Crippen LogP contribution in [-0.2, 0) is 6.42 Å². The number of hydrogen-bond acceptors (Lipinski definition) is 4. The van der Waals surface area contributed by atoms with E-state index < -0.39 is 5.97 Å². The van der Waals surface area contributed by atoms with E-state index in [-0.39, 0.29) is 5.56 Å². The quantitative estimate of drug-likeness (QED) is 0.832. The molecule has 0 aliphatic rings. The first-order valence-corrected chi connectivity index (χ1v) is 5.35. The van der Waals surface area contributed by atoms with Crippen LogP contribution < -0.4 is 5.73 Å². The Labute approximate surface area is 98.1 Å². The first-order valence-electron chi connectivity index (χ1n) is 5.35. The minimum Gasteiger partial charge on any atom is -0.477 e. The summed E-state index contributed by atoms with van der Waals surface area (Å²) in [5.74, 6) is -0.215. The molecule has 3 N–H and O–H groups in total. The molecule has 90 valence electrons. The lowest BCUT2D eigenvalue weighted by molar-refractivity contribution is 0.0699. The summed E-state index contributed by atoms with van der Waals surface area (Å²) in [5.41, 5.74) is 6.97. The van der Waals surface area contributed by atoms with Gasteiger partial charge >= 0.3 is 5.97 Å². The Morgan fingerprint density at radius 3 is 2.88 bits per heavy atom. The molecule has 6 nitrogen and oxygen atoms in total. The second-order valence-electron chi connectivity index (χ2n) is 4.37. The lowest BCUT2D eigenvalue weighted by atomic mass is 10.1. The number of anilines is 1. The van der Waals surface area contributed by atoms with Gasteiger partial charge in [0.1, 0.15) is 11.4 Å². The second-order valence-corrected chi connectivity index (χ2v) is 4.37. The Hall–Kier alpha value is -2.11. The fraction of sp³-hybridized carbons (Fsp3) is 0.364. The van der Waals surface area contributed by atoms with Crippen molar-refractivity contribution in [2.24, 2.45) is 5.92 Å². The average Bonchev–Trinajstić information content (AvgIpc) is 2.60. The summed E-state index contributed by atoms with van der Waals surface area (Å²) >= 11 is 0. The van der Waals surface area contributed by atoms with Crippen molar-refractivity contribution in [3.8, 4) is 0 Å². The monoisotopic (exact) mass is 234 g/mol. The first-order chi connectivity index (χ1) is 7.99. The van der Waals surface area contributed by atoms with Crippen molar-refractivity contribution >= 4 is 17.4 Å². The SMILES string of the molecule is CC(C)Cc1cc(N)n2ncc(C(=O)O)c2n1. The summed E-state index contributed by atoms with van der Waals surface area (Å²) in [4.78, 5) is 15.3. The van der Waals surface area contributed by atoms with Gasteiger partial charge in [0.15, 0.2) is 5.65 Å². The van der Waals surface area contributed by atoms with Gasteiger partial charge in [-0.25, -0.2) is 9.78 Å². The van der Waals surface area contributed by atoms with E-state index in [1.807, 2.05) is 0 Å². The summed E-state index contributed by atoms with van der Waals surface area (Å²) in [6.45, 7) is 4.13. The predicted octanol–water partition coefficient (Wildman–Crippen LogP) is 1.21. The molecule has 6 heteroatoms. The highest BCUT2D eigenvalue weighted by molar-refractivity contribution is 5.94. The highest BCUT2D eigenvalue weighted by Gasteiger charge is 2.15. The van der Waals surface area contributed by atoms with Crippen molar-refractivity contribution in [3.63, 3.8) is 0 Å². The van der Waals surface area contributed by atoms with Gasteiger partial charge in [0.2, 0.25) is 0 Å². The molecule has 2 aromatic rings. The number of hydrogen-bond donors (Lipinski definition) is 2. The molecule has 2 aromatic heterocycles. The van der Waals surface area contributed by atoms with E-state index in [1.54, 1.807) is 6.07 Å². The number of carbonyl (C=O) groups is 1. The molecule has 0 aliphatic carbocycles. The smallest absolute Gasteiger partial charge is 0.341 e. The summed E-state index contributed by atoms with van der Waals surface area (Å²) in [5, 5.41) is 12.9. The van der Waals surface area contributed by atoms with Crippen LogP contribution >= 0.6 is 0 Å². The fourth-order valence-corrected chi connectivity index (χ4v) is 1.71. The van der Waals surface area contributed by atoms with Crippen molar-refractivity contribution in [3.05, 3.63) is 23.5 Å². The van der Waals surface area contributed by atoms with Crippen molar-refractivity contribution < 1.29 is 9.90 Å². The van der Waals surface area contributed by atoms with Crippen LogP contribution in [0.1, 0.15) is 29.9 Å². The second kappa shape index (κ2) is 4.04. The normalized spacial score (nSPS) is 11.2. The van der Waals surface area contributed by atoms with Gasteiger partial charge in [0, 0.05) is 11.8 Å². The third-order valence-electron chi connectivity index (χ3n) is 2.40. The molecule has 0 bridgehead atoms. The van der Waals surface area contributed by atoms with Crippen LogP contribution in [0.4, 0.5) is 5.82 Å². The molecule has 0 aliphatic heterocycles. The van der Waals surface area contributed by atoms with Gasteiger partial charge in [0.25, 0.3) is 0 Å². The van der Waals surface area contributed by atoms with Gasteiger partial charge in [-0.2, -0.15) is 9.61 Å². The Morgan fingerprint density at radius 1 is 1.59 bits per heavy atom. The molecule has 2 rings (SSSR count). The molecular weight excluding hydrogens is 220 g/mol. The number of rotatable bonds is 3. The van der Waals surface area contributed by atoms with E-state index in [0.29, 0.717) is 17.4 Å². The number of carboxylic acid groups (broad SMARTS) is 1. The predicted molar refractivity (Wildman–Crippen MR) is 62.9 cm³/mol. The molecule has 0 atom stereocenters. The lowest BCUT2D eigenvalue weighted by Gasteiger charge is -2.06. The van der Waals surface area contributed by atoms with Crippen LogP contribution in [-0.4, -0.2) is 25.7 Å². The van der Waals surface area contributed by atoms with Crippen LogP contribution in [0.3, 0.4) is 0 Å². The molecular formula is C11H14N4O2. The molecule has 0 aromatic carbocycles. The number of carboxylic acids is 1. The zero-order valence-corrected chi connectivity index (χ0v) is 9.71. The average molecular weight is 234 g/mol. The van der Waals surface area contributed by atoms with Crippen LogP contribution in [0.25, 0.3) is 5.65 Å². The van der Waals surface area contributed by atoms with Crippen LogP contribution in [0, 0.1) is 5.92 Å². The van der Waals surface area contributed by atoms with Crippen molar-refractivity contribution in [1.29, 1.82) is 0 Å². The van der Waals surface area contributed by atoms with Gasteiger partial charge < -0.3 is 10.8 Å². The lowest BCUT2D eigenvalue weighted by Crippen LogP contribution is -2.06. The molecule has 0 spiro atoms. The highest BCUT2D eigenvalue weighted by Crippen LogP contribution is 2.15. The maximum absolute atomic E-state index is 11.0. The van der Waals surface area contributed by atoms with Crippen LogP contribution in [0.2, 0.25) is 0 Å². The fourth-order valence-electron chi connectivity index (χ4n) is 1.71. The van der Waals surface area contributed by atoms with Crippen LogP contribution in [0.15, 0.2) is 12.3 Å². The van der Waals surface area contributed by atoms with Crippen molar-refractivity contribution in [2.75, 3.05) is 5.73 Å². The Bertz CT molecular complexity index is 574. The summed E-state index contributed by atoms with van der Waals surface area (Å²) < 4.78 is 1.34. The molecule has 0 amide bonds. The molecule has 2 heterocycles. The number of nitrogen functional groups attached to an aromatic ring is 1. The third-order valence-corrected chi connectivity index (χ3v) is 2.40. The van der Waals surface area contributed by atoms with Gasteiger partial charge in [-0.1, -0.05) is 13.8 Å². The van der Waals surface area contributed by atoms with Gasteiger partial charge in [-0.3, -0.25) is 0 Å². The highest BCUT2D eigenvalue weighted by atomic mass is 16.4. The molecule has 0 unspecified atom stereocenters. The summed E-state index contributed by atoms with van der Waals surface area (Å²) in [6.07, 6.45) is 2.02. The number of nitrogens with two attached hydrogens (primary N) is 1. The number of aromatic carboxylic acids is 1. The molecule has 17 heavy (non-hydrogen) atoms. The zero-order chi connectivity index (χ0) is 12.6.